The van der Waals surface area contributed by atoms with Crippen LogP contribution in [0, 0.1) is 18.3 Å². The summed E-state index contributed by atoms with van der Waals surface area (Å²) >= 11 is 1.32. The van der Waals surface area contributed by atoms with Crippen molar-refractivity contribution < 1.29 is 4.79 Å². The average Bonchev–Trinajstić information content (AvgIpc) is 3.35. The normalized spacial score (nSPS) is 11.5. The second-order valence-electron chi connectivity index (χ2n) is 6.96. The molecule has 148 valence electrons. The molecule has 1 amide bonds. The zero-order chi connectivity index (χ0) is 21.0. The Hall–Kier alpha value is -3.24. The van der Waals surface area contributed by atoms with E-state index in [1.54, 1.807) is 6.08 Å². The van der Waals surface area contributed by atoms with E-state index in [0.29, 0.717) is 5.13 Å². The second-order valence-corrected chi connectivity index (χ2v) is 7.97. The summed E-state index contributed by atoms with van der Waals surface area (Å²) in [6.45, 7) is 8.19. The van der Waals surface area contributed by atoms with Crippen LogP contribution >= 0.6 is 11.3 Å². The zero-order valence-corrected chi connectivity index (χ0v) is 17.7. The summed E-state index contributed by atoms with van der Waals surface area (Å²) in [6, 6.07) is 12.0. The first-order chi connectivity index (χ1) is 13.9. The van der Waals surface area contributed by atoms with Crippen molar-refractivity contribution in [2.75, 3.05) is 5.32 Å². The molecular weight excluding hydrogens is 382 g/mol. The van der Waals surface area contributed by atoms with Gasteiger partial charge >= 0.3 is 0 Å². The number of para-hydroxylation sites is 1. The van der Waals surface area contributed by atoms with Crippen molar-refractivity contribution in [2.24, 2.45) is 0 Å². The highest BCUT2D eigenvalue weighted by Gasteiger charge is 2.16. The molecule has 0 saturated heterocycles. The maximum Gasteiger partial charge on any atom is 0.268 e. The minimum absolute atomic E-state index is 0.0119. The van der Waals surface area contributed by atoms with E-state index in [1.807, 2.05) is 48.9 Å². The molecule has 0 aliphatic heterocycles. The first-order valence-corrected chi connectivity index (χ1v) is 10.3. The molecule has 0 aliphatic rings. The lowest BCUT2D eigenvalue weighted by Gasteiger charge is -2.15. The molecule has 7 heteroatoms. The third-order valence-electron chi connectivity index (χ3n) is 4.54. The van der Waals surface area contributed by atoms with E-state index in [-0.39, 0.29) is 11.5 Å². The average molecular weight is 406 g/mol. The van der Waals surface area contributed by atoms with Gasteiger partial charge in [-0.05, 0) is 42.7 Å². The molecule has 2 aromatic heterocycles. The number of rotatable bonds is 6. The molecule has 2 heterocycles. The first-order valence-electron chi connectivity index (χ1n) is 9.47. The van der Waals surface area contributed by atoms with Crippen molar-refractivity contribution in [2.45, 2.75) is 40.0 Å². The van der Waals surface area contributed by atoms with Crippen LogP contribution in [0.1, 0.15) is 48.5 Å². The van der Waals surface area contributed by atoms with Gasteiger partial charge in [0.25, 0.3) is 5.91 Å². The fraction of sp³-hybridized carbons (Fsp3) is 0.273. The van der Waals surface area contributed by atoms with Gasteiger partial charge < -0.3 is 4.57 Å². The molecule has 0 spiro atoms. The number of anilines is 1. The second kappa shape index (κ2) is 8.84. The SMILES string of the molecule is CCc1cccc(C)c1-n1cccc1C=C(C#N)C(=O)Nc1nnc(C(C)C)s1. The molecule has 0 radical (unpaired) electrons. The largest absolute Gasteiger partial charge is 0.317 e. The van der Waals surface area contributed by atoms with Crippen molar-refractivity contribution in [1.29, 1.82) is 5.26 Å². The molecule has 3 aromatic rings. The maximum atomic E-state index is 12.6. The van der Waals surface area contributed by atoms with Crippen molar-refractivity contribution in [3.8, 4) is 11.8 Å². The molecular formula is C22H23N5OS. The highest BCUT2D eigenvalue weighted by molar-refractivity contribution is 7.15. The number of aromatic nitrogens is 3. The van der Waals surface area contributed by atoms with Gasteiger partial charge in [-0.25, -0.2) is 0 Å². The molecule has 0 unspecified atom stereocenters. The number of hydrogen-bond donors (Lipinski definition) is 1. The summed E-state index contributed by atoms with van der Waals surface area (Å²) in [7, 11) is 0. The fourth-order valence-corrected chi connectivity index (χ4v) is 3.79. The van der Waals surface area contributed by atoms with Gasteiger partial charge in [-0.15, -0.1) is 10.2 Å². The summed E-state index contributed by atoms with van der Waals surface area (Å²) in [5, 5.41) is 21.5. The van der Waals surface area contributed by atoms with Crippen molar-refractivity contribution in [3.63, 3.8) is 0 Å². The van der Waals surface area contributed by atoms with Crippen LogP contribution in [-0.4, -0.2) is 20.7 Å². The molecule has 3 rings (SSSR count). The third-order valence-corrected chi connectivity index (χ3v) is 5.67. The molecule has 1 N–H and O–H groups in total. The van der Waals surface area contributed by atoms with E-state index >= 15 is 0 Å². The number of benzene rings is 1. The standard InChI is InChI=1S/C22H23N5OS/c1-5-16-9-6-8-15(4)19(16)27-11-7-10-18(27)12-17(13-23)20(28)24-22-26-25-21(29-22)14(2)3/h6-12,14H,5H2,1-4H3,(H,24,26,28). The van der Waals surface area contributed by atoms with E-state index < -0.39 is 5.91 Å². The molecule has 29 heavy (non-hydrogen) atoms. The summed E-state index contributed by atoms with van der Waals surface area (Å²) in [5.41, 5.74) is 4.19. The van der Waals surface area contributed by atoms with E-state index in [9.17, 15) is 10.1 Å². The topological polar surface area (TPSA) is 83.6 Å². The van der Waals surface area contributed by atoms with E-state index in [4.69, 9.17) is 0 Å². The van der Waals surface area contributed by atoms with Gasteiger partial charge in [-0.1, -0.05) is 50.3 Å². The zero-order valence-electron chi connectivity index (χ0n) is 16.9. The fourth-order valence-electron chi connectivity index (χ4n) is 3.04. The Balaban J connectivity index is 1.92. The number of nitriles is 1. The third kappa shape index (κ3) is 4.44. The predicted octanol–water partition coefficient (Wildman–Crippen LogP) is 4.87. The Morgan fingerprint density at radius 2 is 2.10 bits per heavy atom. The first kappa shape index (κ1) is 20.5. The van der Waals surface area contributed by atoms with Gasteiger partial charge in [0.15, 0.2) is 0 Å². The van der Waals surface area contributed by atoms with Crippen LogP contribution in [0.25, 0.3) is 11.8 Å². The van der Waals surface area contributed by atoms with Gasteiger partial charge in [0.05, 0.1) is 5.69 Å². The summed E-state index contributed by atoms with van der Waals surface area (Å²) in [4.78, 5) is 12.6. The number of hydrogen-bond acceptors (Lipinski definition) is 5. The lowest BCUT2D eigenvalue weighted by Crippen LogP contribution is -2.13. The number of aryl methyl sites for hydroxylation is 2. The molecule has 0 fully saturated rings. The van der Waals surface area contributed by atoms with Crippen molar-refractivity contribution in [1.82, 2.24) is 14.8 Å². The minimum atomic E-state index is -0.493. The number of carbonyl (C=O) groups is 1. The minimum Gasteiger partial charge on any atom is -0.317 e. The maximum absolute atomic E-state index is 12.6. The van der Waals surface area contributed by atoms with Crippen molar-refractivity contribution in [3.05, 3.63) is 63.9 Å². The smallest absolute Gasteiger partial charge is 0.268 e. The van der Waals surface area contributed by atoms with Crippen molar-refractivity contribution >= 4 is 28.5 Å². The monoisotopic (exact) mass is 405 g/mol. The van der Waals surface area contributed by atoms with Crippen LogP contribution in [0.15, 0.2) is 42.1 Å². The van der Waals surface area contributed by atoms with Crippen LogP contribution in [-0.2, 0) is 11.2 Å². The van der Waals surface area contributed by atoms with E-state index in [2.05, 4.69) is 41.5 Å². The number of nitrogens with zero attached hydrogens (tertiary/aromatic N) is 4. The van der Waals surface area contributed by atoms with Gasteiger partial charge in [-0.3, -0.25) is 10.1 Å². The summed E-state index contributed by atoms with van der Waals surface area (Å²) in [6.07, 6.45) is 4.44. The van der Waals surface area contributed by atoms with Gasteiger partial charge in [-0.2, -0.15) is 5.26 Å². The lowest BCUT2D eigenvalue weighted by atomic mass is 10.1. The van der Waals surface area contributed by atoms with Crippen LogP contribution < -0.4 is 5.32 Å². The number of carbonyl (C=O) groups excluding carboxylic acids is 1. The Morgan fingerprint density at radius 1 is 1.31 bits per heavy atom. The molecule has 0 aliphatic carbocycles. The van der Waals surface area contributed by atoms with Crippen LogP contribution in [0.5, 0.6) is 0 Å². The highest BCUT2D eigenvalue weighted by Crippen LogP contribution is 2.25. The van der Waals surface area contributed by atoms with E-state index in [0.717, 1.165) is 28.4 Å². The van der Waals surface area contributed by atoms with Gasteiger partial charge in [0.2, 0.25) is 5.13 Å². The van der Waals surface area contributed by atoms with Gasteiger partial charge in [0, 0.05) is 17.8 Å². The van der Waals surface area contributed by atoms with E-state index in [1.165, 1.54) is 16.9 Å². The lowest BCUT2D eigenvalue weighted by molar-refractivity contribution is -0.112. The Kier molecular flexibility index (Phi) is 6.25. The number of nitrogens with one attached hydrogen (secondary N) is 1. The Labute approximate surface area is 174 Å². The summed E-state index contributed by atoms with van der Waals surface area (Å²) in [5.74, 6) is -0.263. The van der Waals surface area contributed by atoms with Crippen LogP contribution in [0.2, 0.25) is 0 Å². The molecule has 0 bridgehead atoms. The predicted molar refractivity (Wildman–Crippen MR) is 116 cm³/mol. The number of amides is 1. The quantitative estimate of drug-likeness (QED) is 0.468. The summed E-state index contributed by atoms with van der Waals surface area (Å²) < 4.78 is 2.01. The highest BCUT2D eigenvalue weighted by atomic mass is 32.1. The molecule has 1 aromatic carbocycles. The Bertz CT molecular complexity index is 1100. The molecule has 6 nitrogen and oxygen atoms in total. The Morgan fingerprint density at radius 3 is 2.76 bits per heavy atom. The van der Waals surface area contributed by atoms with Crippen LogP contribution in [0.3, 0.4) is 0 Å². The molecule has 0 atom stereocenters. The van der Waals surface area contributed by atoms with Gasteiger partial charge in [0.1, 0.15) is 16.6 Å². The molecule has 0 saturated carbocycles. The van der Waals surface area contributed by atoms with Crippen LogP contribution in [0.4, 0.5) is 5.13 Å².